The van der Waals surface area contributed by atoms with Crippen molar-refractivity contribution in [2.45, 2.75) is 58.5 Å². The molecule has 2 aliphatic heterocycles. The van der Waals surface area contributed by atoms with Crippen LogP contribution in [0.1, 0.15) is 55.9 Å². The number of hydrogen-bond acceptors (Lipinski definition) is 4. The molecule has 1 unspecified atom stereocenters. The molecule has 1 aromatic heterocycles. The largest absolute Gasteiger partial charge is 0.351 e. The van der Waals surface area contributed by atoms with E-state index in [0.717, 1.165) is 54.9 Å². The van der Waals surface area contributed by atoms with Crippen LogP contribution in [0.3, 0.4) is 0 Å². The third-order valence-corrected chi connectivity index (χ3v) is 7.59. The molecule has 1 N–H and O–H groups in total. The molecule has 1 atom stereocenters. The third kappa shape index (κ3) is 5.95. The average Bonchev–Trinajstić information content (AvgIpc) is 3.22. The number of hydrogen-bond donors (Lipinski definition) is 1. The molecule has 0 radical (unpaired) electrons. The number of benzene rings is 1. The van der Waals surface area contributed by atoms with E-state index in [9.17, 15) is 14.4 Å². The maximum Gasteiger partial charge on any atom is 0.251 e. The minimum atomic E-state index is -0.540. The van der Waals surface area contributed by atoms with Gasteiger partial charge < -0.3 is 15.1 Å². The maximum absolute atomic E-state index is 13.6. The minimum Gasteiger partial charge on any atom is -0.351 e. The Hall–Kier alpha value is -2.93. The molecule has 0 spiro atoms. The van der Waals surface area contributed by atoms with Crippen LogP contribution in [0, 0.1) is 5.92 Å². The van der Waals surface area contributed by atoms with Crippen LogP contribution in [-0.2, 0) is 27.5 Å². The molecule has 6 nitrogen and oxygen atoms in total. The Morgan fingerprint density at radius 1 is 1.03 bits per heavy atom. The van der Waals surface area contributed by atoms with Gasteiger partial charge in [-0.3, -0.25) is 14.4 Å². The molecular weight excluding hydrogens is 446 g/mol. The van der Waals surface area contributed by atoms with Crippen LogP contribution in [0.5, 0.6) is 0 Å². The molecule has 3 amide bonds. The highest BCUT2D eigenvalue weighted by Crippen LogP contribution is 2.32. The second kappa shape index (κ2) is 11.5. The van der Waals surface area contributed by atoms with Crippen molar-refractivity contribution in [2.24, 2.45) is 5.92 Å². The molecule has 34 heavy (non-hydrogen) atoms. The topological polar surface area (TPSA) is 69.7 Å². The first kappa shape index (κ1) is 24.2. The van der Waals surface area contributed by atoms with E-state index in [4.69, 9.17) is 0 Å². The lowest BCUT2D eigenvalue weighted by Gasteiger charge is -2.36. The Kier molecular flexibility index (Phi) is 8.16. The van der Waals surface area contributed by atoms with E-state index >= 15 is 0 Å². The van der Waals surface area contributed by atoms with Crippen LogP contribution >= 0.6 is 11.3 Å². The normalized spacial score (nSPS) is 19.2. The van der Waals surface area contributed by atoms with E-state index < -0.39 is 5.92 Å². The van der Waals surface area contributed by atoms with Gasteiger partial charge in [-0.1, -0.05) is 49.2 Å². The summed E-state index contributed by atoms with van der Waals surface area (Å²) in [6.07, 6.45) is 4.72. The smallest absolute Gasteiger partial charge is 0.251 e. The molecule has 0 bridgehead atoms. The van der Waals surface area contributed by atoms with Gasteiger partial charge in [-0.25, -0.2) is 0 Å². The molecule has 1 fully saturated rings. The molecule has 0 saturated carbocycles. The van der Waals surface area contributed by atoms with Crippen LogP contribution < -0.4 is 5.32 Å². The monoisotopic (exact) mass is 479 g/mol. The van der Waals surface area contributed by atoms with Gasteiger partial charge in [0.2, 0.25) is 11.8 Å². The first-order valence-corrected chi connectivity index (χ1v) is 13.0. The summed E-state index contributed by atoms with van der Waals surface area (Å²) < 4.78 is 0. The molecule has 1 saturated heterocycles. The van der Waals surface area contributed by atoms with E-state index in [-0.39, 0.29) is 24.1 Å². The summed E-state index contributed by atoms with van der Waals surface area (Å²) >= 11 is 1.59. The van der Waals surface area contributed by atoms with Crippen LogP contribution in [0.2, 0.25) is 0 Å². The van der Waals surface area contributed by atoms with Gasteiger partial charge in [-0.15, -0.1) is 11.3 Å². The van der Waals surface area contributed by atoms with Crippen LogP contribution in [0.4, 0.5) is 0 Å². The molecule has 3 heterocycles. The Bertz CT molecular complexity index is 1020. The lowest BCUT2D eigenvalue weighted by molar-refractivity contribution is -0.139. The zero-order valence-electron chi connectivity index (χ0n) is 19.8. The summed E-state index contributed by atoms with van der Waals surface area (Å²) in [5.41, 5.74) is 2.39. The van der Waals surface area contributed by atoms with E-state index in [1.165, 1.54) is 0 Å². The lowest BCUT2D eigenvalue weighted by atomic mass is 9.88. The van der Waals surface area contributed by atoms with E-state index in [2.05, 4.69) is 5.32 Å². The number of carbonyl (C=O) groups is 3. The molecule has 2 aliphatic rings. The molecule has 0 aliphatic carbocycles. The molecule has 7 heteroatoms. The zero-order valence-corrected chi connectivity index (χ0v) is 20.6. The van der Waals surface area contributed by atoms with E-state index in [0.29, 0.717) is 25.1 Å². The predicted molar refractivity (Wildman–Crippen MR) is 134 cm³/mol. The molecule has 4 rings (SSSR count). The number of rotatable bonds is 7. The van der Waals surface area contributed by atoms with Crippen LogP contribution in [0.25, 0.3) is 0 Å². The van der Waals surface area contributed by atoms with Gasteiger partial charge in [-0.2, -0.15) is 0 Å². The fourth-order valence-electron chi connectivity index (χ4n) is 4.75. The quantitative estimate of drug-likeness (QED) is 0.637. The number of carbonyl (C=O) groups excluding carboxylic acids is 3. The molecule has 180 valence electrons. The van der Waals surface area contributed by atoms with Gasteiger partial charge in [-0.05, 0) is 43.2 Å². The van der Waals surface area contributed by atoms with Gasteiger partial charge in [0.1, 0.15) is 0 Å². The third-order valence-electron chi connectivity index (χ3n) is 6.71. The van der Waals surface area contributed by atoms with E-state index in [1.807, 2.05) is 59.7 Å². The number of nitrogens with one attached hydrogen (secondary N) is 1. The molecular formula is C27H33N3O3S. The summed E-state index contributed by atoms with van der Waals surface area (Å²) in [5.74, 6) is -0.761. The number of allylic oxidation sites excluding steroid dienone is 1. The summed E-state index contributed by atoms with van der Waals surface area (Å²) in [7, 11) is 0. The Labute approximate surface area is 205 Å². The van der Waals surface area contributed by atoms with Crippen LogP contribution in [-0.4, -0.2) is 40.6 Å². The van der Waals surface area contributed by atoms with Crippen molar-refractivity contribution >= 4 is 29.1 Å². The Morgan fingerprint density at radius 3 is 2.44 bits per heavy atom. The number of thiophene rings is 1. The van der Waals surface area contributed by atoms with Crippen molar-refractivity contribution in [1.29, 1.82) is 0 Å². The highest BCUT2D eigenvalue weighted by Gasteiger charge is 2.37. The highest BCUT2D eigenvalue weighted by molar-refractivity contribution is 7.09. The summed E-state index contributed by atoms with van der Waals surface area (Å²) in [6, 6.07) is 13.7. The standard InChI is InChI=1S/C27H33N3O3S/c1-20-24(27(33)29-13-7-2-3-8-14-29)16-22(17-25(31)28-18-23-12-9-15-34-23)26(32)30(20)19-21-10-5-4-6-11-21/h4-6,9-12,15,22H,2-3,7-8,13-14,16-19H2,1H3,(H,28,31). The van der Waals surface area contributed by atoms with Crippen molar-refractivity contribution in [3.8, 4) is 0 Å². The molecule has 2 aromatic rings. The number of amides is 3. The van der Waals surface area contributed by atoms with Crippen molar-refractivity contribution in [2.75, 3.05) is 13.1 Å². The first-order chi connectivity index (χ1) is 16.5. The summed E-state index contributed by atoms with van der Waals surface area (Å²) in [6.45, 7) is 4.25. The average molecular weight is 480 g/mol. The number of nitrogens with zero attached hydrogens (tertiary/aromatic N) is 2. The Balaban J connectivity index is 1.54. The lowest BCUT2D eigenvalue weighted by Crippen LogP contribution is -2.44. The fourth-order valence-corrected chi connectivity index (χ4v) is 5.40. The first-order valence-electron chi connectivity index (χ1n) is 12.2. The van der Waals surface area contributed by atoms with Crippen LogP contribution in [0.15, 0.2) is 59.1 Å². The van der Waals surface area contributed by atoms with E-state index in [1.54, 1.807) is 16.2 Å². The molecule has 1 aromatic carbocycles. The van der Waals surface area contributed by atoms with Crippen molar-refractivity contribution in [1.82, 2.24) is 15.1 Å². The van der Waals surface area contributed by atoms with Crippen molar-refractivity contribution in [3.63, 3.8) is 0 Å². The highest BCUT2D eigenvalue weighted by atomic mass is 32.1. The minimum absolute atomic E-state index is 0.0222. The van der Waals surface area contributed by atoms with Gasteiger partial charge in [0.15, 0.2) is 0 Å². The predicted octanol–water partition coefficient (Wildman–Crippen LogP) is 4.48. The summed E-state index contributed by atoms with van der Waals surface area (Å²) in [5, 5.41) is 4.91. The second-order valence-electron chi connectivity index (χ2n) is 9.14. The fraction of sp³-hybridized carbons (Fsp3) is 0.444. The van der Waals surface area contributed by atoms with Gasteiger partial charge in [0, 0.05) is 35.7 Å². The van der Waals surface area contributed by atoms with Gasteiger partial charge >= 0.3 is 0 Å². The zero-order chi connectivity index (χ0) is 23.9. The summed E-state index contributed by atoms with van der Waals surface area (Å²) in [4.78, 5) is 44.5. The second-order valence-corrected chi connectivity index (χ2v) is 10.2. The van der Waals surface area contributed by atoms with Crippen molar-refractivity contribution in [3.05, 3.63) is 69.6 Å². The van der Waals surface area contributed by atoms with Gasteiger partial charge in [0.25, 0.3) is 5.91 Å². The van der Waals surface area contributed by atoms with Crippen molar-refractivity contribution < 1.29 is 14.4 Å². The number of likely N-dealkylation sites (tertiary alicyclic amines) is 1. The maximum atomic E-state index is 13.6. The van der Waals surface area contributed by atoms with Gasteiger partial charge in [0.05, 0.1) is 19.0 Å². The SMILES string of the molecule is CC1=C(C(=O)N2CCCCCC2)CC(CC(=O)NCc2cccs2)C(=O)N1Cc1ccccc1. The Morgan fingerprint density at radius 2 is 1.76 bits per heavy atom.